The van der Waals surface area contributed by atoms with Crippen molar-refractivity contribution >= 4 is 11.8 Å². The molecule has 3 nitrogen and oxygen atoms in total. The first-order valence-electron chi connectivity index (χ1n) is 6.48. The minimum atomic E-state index is -0.933. The Hall–Kier alpha value is -1.64. The van der Waals surface area contributed by atoms with Gasteiger partial charge in [-0.1, -0.05) is 43.2 Å². The summed E-state index contributed by atoms with van der Waals surface area (Å²) in [6, 6.07) is 9.04. The van der Waals surface area contributed by atoms with Crippen molar-refractivity contribution in [2.75, 3.05) is 6.61 Å². The molecule has 0 unspecified atom stereocenters. The smallest absolute Gasteiger partial charge is 0.320 e. The third-order valence-corrected chi connectivity index (χ3v) is 3.59. The van der Waals surface area contributed by atoms with Gasteiger partial charge in [0.25, 0.3) is 0 Å². The fourth-order valence-corrected chi connectivity index (χ4v) is 2.64. The second kappa shape index (κ2) is 5.34. The zero-order valence-electron chi connectivity index (χ0n) is 10.6. The second-order valence-electron chi connectivity index (χ2n) is 4.70. The third-order valence-electron chi connectivity index (χ3n) is 3.59. The van der Waals surface area contributed by atoms with Crippen molar-refractivity contribution in [1.29, 1.82) is 0 Å². The highest BCUT2D eigenvalue weighted by Crippen LogP contribution is 2.42. The van der Waals surface area contributed by atoms with Gasteiger partial charge in [0.05, 0.1) is 6.61 Å². The van der Waals surface area contributed by atoms with Gasteiger partial charge in [-0.25, -0.2) is 0 Å². The zero-order chi connectivity index (χ0) is 13.0. The molecule has 0 aromatic heterocycles. The van der Waals surface area contributed by atoms with E-state index in [0.29, 0.717) is 25.0 Å². The fraction of sp³-hybridized carbons (Fsp3) is 0.467. The molecule has 0 heterocycles. The Kier molecular flexibility index (Phi) is 3.80. The Labute approximate surface area is 107 Å². The fourth-order valence-electron chi connectivity index (χ4n) is 2.64. The van der Waals surface area contributed by atoms with Crippen molar-refractivity contribution in [2.24, 2.45) is 5.41 Å². The first kappa shape index (κ1) is 12.8. The summed E-state index contributed by atoms with van der Waals surface area (Å²) in [4.78, 5) is 24.7. The SMILES string of the molecule is CCOC(=O)C1(C(=O)c2ccccc2)CCCC1. The molecule has 1 aliphatic rings. The second-order valence-corrected chi connectivity index (χ2v) is 4.70. The summed E-state index contributed by atoms with van der Waals surface area (Å²) in [6.07, 6.45) is 3.05. The molecule has 96 valence electrons. The Morgan fingerprint density at radius 2 is 1.78 bits per heavy atom. The van der Waals surface area contributed by atoms with E-state index in [1.54, 1.807) is 19.1 Å². The summed E-state index contributed by atoms with van der Waals surface area (Å²) in [5.41, 5.74) is -0.329. The van der Waals surface area contributed by atoms with Crippen molar-refractivity contribution < 1.29 is 14.3 Å². The van der Waals surface area contributed by atoms with Gasteiger partial charge in [0.15, 0.2) is 5.78 Å². The highest BCUT2D eigenvalue weighted by atomic mass is 16.5. The van der Waals surface area contributed by atoms with E-state index in [9.17, 15) is 9.59 Å². The maximum atomic E-state index is 12.6. The Morgan fingerprint density at radius 3 is 2.33 bits per heavy atom. The lowest BCUT2D eigenvalue weighted by molar-refractivity contribution is -0.152. The molecule has 2 rings (SSSR count). The van der Waals surface area contributed by atoms with Gasteiger partial charge in [-0.2, -0.15) is 0 Å². The summed E-state index contributed by atoms with van der Waals surface area (Å²) in [7, 11) is 0. The first-order valence-corrected chi connectivity index (χ1v) is 6.48. The number of ketones is 1. The van der Waals surface area contributed by atoms with Crippen LogP contribution in [-0.4, -0.2) is 18.4 Å². The molecular formula is C15H18O3. The molecule has 0 amide bonds. The predicted octanol–water partition coefficient (Wildman–Crippen LogP) is 2.99. The summed E-state index contributed by atoms with van der Waals surface area (Å²) in [5.74, 6) is -0.435. The van der Waals surface area contributed by atoms with Crippen LogP contribution in [0.4, 0.5) is 0 Å². The molecule has 0 radical (unpaired) electrons. The number of carbonyl (C=O) groups is 2. The minimum Gasteiger partial charge on any atom is -0.465 e. The molecule has 1 aromatic carbocycles. The van der Waals surface area contributed by atoms with Gasteiger partial charge in [0, 0.05) is 5.56 Å². The zero-order valence-corrected chi connectivity index (χ0v) is 10.6. The van der Waals surface area contributed by atoms with Crippen molar-refractivity contribution in [3.05, 3.63) is 35.9 Å². The molecule has 1 saturated carbocycles. The van der Waals surface area contributed by atoms with Crippen LogP contribution >= 0.6 is 0 Å². The number of Topliss-reactive ketones (excluding diaryl/α,β-unsaturated/α-hetero) is 1. The van der Waals surface area contributed by atoms with E-state index >= 15 is 0 Å². The summed E-state index contributed by atoms with van der Waals surface area (Å²) in [6.45, 7) is 2.09. The molecular weight excluding hydrogens is 228 g/mol. The normalized spacial score (nSPS) is 17.4. The summed E-state index contributed by atoms with van der Waals surface area (Å²) >= 11 is 0. The van der Waals surface area contributed by atoms with Gasteiger partial charge in [-0.15, -0.1) is 0 Å². The Bertz CT molecular complexity index is 430. The van der Waals surface area contributed by atoms with E-state index < -0.39 is 5.41 Å². The number of esters is 1. The van der Waals surface area contributed by atoms with Crippen LogP contribution in [-0.2, 0) is 9.53 Å². The lowest BCUT2D eigenvalue weighted by Gasteiger charge is -2.24. The Morgan fingerprint density at radius 1 is 1.17 bits per heavy atom. The predicted molar refractivity (Wildman–Crippen MR) is 68.3 cm³/mol. The highest BCUT2D eigenvalue weighted by molar-refractivity contribution is 6.12. The Balaban J connectivity index is 2.31. The molecule has 18 heavy (non-hydrogen) atoms. The number of benzene rings is 1. The van der Waals surface area contributed by atoms with Gasteiger partial charge < -0.3 is 4.74 Å². The van der Waals surface area contributed by atoms with Crippen LogP contribution < -0.4 is 0 Å². The van der Waals surface area contributed by atoms with Gasteiger partial charge in [0.1, 0.15) is 5.41 Å². The van der Waals surface area contributed by atoms with Crippen molar-refractivity contribution in [3.8, 4) is 0 Å². The van der Waals surface area contributed by atoms with Crippen molar-refractivity contribution in [1.82, 2.24) is 0 Å². The molecule has 1 aromatic rings. The van der Waals surface area contributed by atoms with E-state index in [0.717, 1.165) is 12.8 Å². The topological polar surface area (TPSA) is 43.4 Å². The molecule has 0 bridgehead atoms. The number of hydrogen-bond donors (Lipinski definition) is 0. The van der Waals surface area contributed by atoms with E-state index in [1.165, 1.54) is 0 Å². The van der Waals surface area contributed by atoms with Crippen LogP contribution in [0.15, 0.2) is 30.3 Å². The lowest BCUT2D eigenvalue weighted by Crippen LogP contribution is -2.38. The van der Waals surface area contributed by atoms with Crippen LogP contribution in [0.2, 0.25) is 0 Å². The van der Waals surface area contributed by atoms with E-state index in [-0.39, 0.29) is 11.8 Å². The van der Waals surface area contributed by atoms with Crippen LogP contribution in [0, 0.1) is 5.41 Å². The number of rotatable bonds is 4. The van der Waals surface area contributed by atoms with E-state index in [4.69, 9.17) is 4.74 Å². The highest BCUT2D eigenvalue weighted by Gasteiger charge is 2.49. The maximum absolute atomic E-state index is 12.6. The number of ether oxygens (including phenoxy) is 1. The molecule has 0 atom stereocenters. The molecule has 0 saturated heterocycles. The summed E-state index contributed by atoms with van der Waals surface area (Å²) < 4.78 is 5.11. The van der Waals surface area contributed by atoms with E-state index in [1.807, 2.05) is 18.2 Å². The van der Waals surface area contributed by atoms with Gasteiger partial charge in [-0.05, 0) is 19.8 Å². The molecule has 1 fully saturated rings. The molecule has 3 heteroatoms. The third kappa shape index (κ3) is 2.17. The van der Waals surface area contributed by atoms with Gasteiger partial charge >= 0.3 is 5.97 Å². The first-order chi connectivity index (χ1) is 8.70. The van der Waals surface area contributed by atoms with Crippen LogP contribution in [0.5, 0.6) is 0 Å². The van der Waals surface area contributed by atoms with Gasteiger partial charge in [0.2, 0.25) is 0 Å². The molecule has 0 spiro atoms. The molecule has 0 N–H and O–H groups in total. The van der Waals surface area contributed by atoms with Gasteiger partial charge in [-0.3, -0.25) is 9.59 Å². The molecule has 1 aliphatic carbocycles. The van der Waals surface area contributed by atoms with Crippen LogP contribution in [0.1, 0.15) is 43.0 Å². The standard InChI is InChI=1S/C15H18O3/c1-2-18-14(17)15(10-6-7-11-15)13(16)12-8-4-3-5-9-12/h3-5,8-9H,2,6-7,10-11H2,1H3. The number of carbonyl (C=O) groups excluding carboxylic acids is 2. The van der Waals surface area contributed by atoms with Crippen molar-refractivity contribution in [3.63, 3.8) is 0 Å². The largest absolute Gasteiger partial charge is 0.465 e. The minimum absolute atomic E-state index is 0.0842. The lowest BCUT2D eigenvalue weighted by atomic mass is 9.79. The molecule has 0 aliphatic heterocycles. The van der Waals surface area contributed by atoms with E-state index in [2.05, 4.69) is 0 Å². The van der Waals surface area contributed by atoms with Crippen molar-refractivity contribution in [2.45, 2.75) is 32.6 Å². The number of hydrogen-bond acceptors (Lipinski definition) is 3. The quantitative estimate of drug-likeness (QED) is 0.466. The van der Waals surface area contributed by atoms with Crippen LogP contribution in [0.3, 0.4) is 0 Å². The average molecular weight is 246 g/mol. The maximum Gasteiger partial charge on any atom is 0.320 e. The van der Waals surface area contributed by atoms with Crippen LogP contribution in [0.25, 0.3) is 0 Å². The monoisotopic (exact) mass is 246 g/mol. The average Bonchev–Trinajstić information content (AvgIpc) is 2.90. The summed E-state index contributed by atoms with van der Waals surface area (Å²) in [5, 5.41) is 0.